The van der Waals surface area contributed by atoms with E-state index in [1.54, 1.807) is 19.2 Å². The highest BCUT2D eigenvalue weighted by Gasteiger charge is 2.02. The molecule has 2 N–H and O–H groups in total. The lowest BCUT2D eigenvalue weighted by atomic mass is 10.2. The Morgan fingerprint density at radius 1 is 1.37 bits per heavy atom. The van der Waals surface area contributed by atoms with E-state index in [9.17, 15) is 4.39 Å². The average molecular weight is 400 g/mol. The Kier molecular flexibility index (Phi) is 9.08. The fourth-order valence-electron chi connectivity index (χ4n) is 1.36. The lowest BCUT2D eigenvalue weighted by molar-refractivity contribution is 0.614. The molecule has 0 heterocycles. The molecule has 0 spiro atoms. The van der Waals surface area contributed by atoms with Gasteiger partial charge in [-0.3, -0.25) is 4.99 Å². The van der Waals surface area contributed by atoms with Crippen molar-refractivity contribution in [3.63, 3.8) is 0 Å². The number of aliphatic imine (C=N–C) groups is 1. The fourth-order valence-corrected chi connectivity index (χ4v) is 1.56. The summed E-state index contributed by atoms with van der Waals surface area (Å²) >= 11 is 5.72. The normalized spacial score (nSPS) is 11.2. The zero-order valence-electron chi connectivity index (χ0n) is 11.3. The van der Waals surface area contributed by atoms with Crippen LogP contribution in [0.1, 0.15) is 19.4 Å². The van der Waals surface area contributed by atoms with Gasteiger partial charge in [0.25, 0.3) is 0 Å². The molecule has 1 aromatic rings. The van der Waals surface area contributed by atoms with Crippen LogP contribution in [0.4, 0.5) is 4.39 Å². The van der Waals surface area contributed by atoms with Crippen LogP contribution >= 0.6 is 35.6 Å². The summed E-state index contributed by atoms with van der Waals surface area (Å²) in [5.41, 5.74) is 0.911. The minimum absolute atomic E-state index is 0. The monoisotopic (exact) mass is 399 g/mol. The zero-order valence-corrected chi connectivity index (χ0v) is 14.4. The number of hydrogen-bond donors (Lipinski definition) is 2. The Morgan fingerprint density at radius 3 is 2.58 bits per heavy atom. The standard InChI is InChI=1S/C13H19ClFN3.HI/c1-9(2)7-17-13(16-3)18-8-10-4-5-12(15)11(14)6-10;/h4-6,9H,7-8H2,1-3H3,(H2,16,17,18);1H. The summed E-state index contributed by atoms with van der Waals surface area (Å²) in [6.07, 6.45) is 0. The van der Waals surface area contributed by atoms with E-state index in [0.717, 1.165) is 18.1 Å². The van der Waals surface area contributed by atoms with Gasteiger partial charge >= 0.3 is 0 Å². The van der Waals surface area contributed by atoms with Crippen LogP contribution < -0.4 is 10.6 Å². The number of rotatable bonds is 4. The van der Waals surface area contributed by atoms with Crippen molar-refractivity contribution in [1.82, 2.24) is 10.6 Å². The summed E-state index contributed by atoms with van der Waals surface area (Å²) in [7, 11) is 1.72. The van der Waals surface area contributed by atoms with Crippen LogP contribution in [0.25, 0.3) is 0 Å². The Balaban J connectivity index is 0.00000324. The third kappa shape index (κ3) is 6.96. The molecule has 6 heteroatoms. The van der Waals surface area contributed by atoms with Crippen LogP contribution in [0.5, 0.6) is 0 Å². The second-order valence-electron chi connectivity index (χ2n) is 4.45. The van der Waals surface area contributed by atoms with Gasteiger partial charge in [0.15, 0.2) is 5.96 Å². The first kappa shape index (κ1) is 18.4. The molecule has 0 unspecified atom stereocenters. The van der Waals surface area contributed by atoms with Crippen LogP contribution in [0, 0.1) is 11.7 Å². The molecule has 1 aromatic carbocycles. The van der Waals surface area contributed by atoms with Gasteiger partial charge in [-0.1, -0.05) is 31.5 Å². The summed E-state index contributed by atoms with van der Waals surface area (Å²) in [6, 6.07) is 4.67. The van der Waals surface area contributed by atoms with Gasteiger partial charge in [-0.05, 0) is 23.6 Å². The molecule has 0 aliphatic rings. The molecule has 3 nitrogen and oxygen atoms in total. The number of nitrogens with zero attached hydrogens (tertiary/aromatic N) is 1. The van der Waals surface area contributed by atoms with E-state index in [0.29, 0.717) is 12.5 Å². The van der Waals surface area contributed by atoms with Crippen LogP contribution in [-0.2, 0) is 6.54 Å². The summed E-state index contributed by atoms with van der Waals surface area (Å²) in [5, 5.41) is 6.48. The molecule has 0 atom stereocenters. The van der Waals surface area contributed by atoms with E-state index in [-0.39, 0.29) is 29.0 Å². The van der Waals surface area contributed by atoms with Crippen LogP contribution in [0.3, 0.4) is 0 Å². The van der Waals surface area contributed by atoms with Crippen molar-refractivity contribution in [2.75, 3.05) is 13.6 Å². The van der Waals surface area contributed by atoms with Crippen molar-refractivity contribution in [3.05, 3.63) is 34.6 Å². The minimum Gasteiger partial charge on any atom is -0.356 e. The van der Waals surface area contributed by atoms with E-state index >= 15 is 0 Å². The first-order valence-corrected chi connectivity index (χ1v) is 6.29. The van der Waals surface area contributed by atoms with Crippen molar-refractivity contribution in [2.24, 2.45) is 10.9 Å². The van der Waals surface area contributed by atoms with Crippen molar-refractivity contribution in [3.8, 4) is 0 Å². The molecule has 0 aliphatic heterocycles. The Labute approximate surface area is 136 Å². The molecule has 0 saturated heterocycles. The predicted molar refractivity (Wildman–Crippen MR) is 89.9 cm³/mol. The number of hydrogen-bond acceptors (Lipinski definition) is 1. The fraction of sp³-hybridized carbons (Fsp3) is 0.462. The van der Waals surface area contributed by atoms with Gasteiger partial charge in [0, 0.05) is 20.1 Å². The van der Waals surface area contributed by atoms with Crippen molar-refractivity contribution < 1.29 is 4.39 Å². The second kappa shape index (κ2) is 9.36. The molecule has 0 fully saturated rings. The van der Waals surface area contributed by atoms with E-state index in [1.165, 1.54) is 6.07 Å². The molecular formula is C13H20ClFIN3. The van der Waals surface area contributed by atoms with Crippen molar-refractivity contribution in [2.45, 2.75) is 20.4 Å². The number of halogens is 3. The average Bonchev–Trinajstić information content (AvgIpc) is 2.33. The topological polar surface area (TPSA) is 36.4 Å². The maximum Gasteiger partial charge on any atom is 0.191 e. The predicted octanol–water partition coefficient (Wildman–Crippen LogP) is 3.42. The van der Waals surface area contributed by atoms with Crippen molar-refractivity contribution >= 4 is 41.5 Å². The lowest BCUT2D eigenvalue weighted by Crippen LogP contribution is -2.38. The van der Waals surface area contributed by atoms with Gasteiger partial charge in [-0.15, -0.1) is 24.0 Å². The summed E-state index contributed by atoms with van der Waals surface area (Å²) < 4.78 is 13.0. The lowest BCUT2D eigenvalue weighted by Gasteiger charge is -2.13. The van der Waals surface area contributed by atoms with Gasteiger partial charge < -0.3 is 10.6 Å². The van der Waals surface area contributed by atoms with E-state index in [1.807, 2.05) is 0 Å². The molecule has 0 radical (unpaired) electrons. The molecule has 1 rings (SSSR count). The highest BCUT2D eigenvalue weighted by atomic mass is 127. The van der Waals surface area contributed by atoms with Crippen LogP contribution in [0.15, 0.2) is 23.2 Å². The number of benzene rings is 1. The van der Waals surface area contributed by atoms with Gasteiger partial charge in [-0.25, -0.2) is 4.39 Å². The Hall–Kier alpha value is -0.560. The number of guanidine groups is 1. The summed E-state index contributed by atoms with van der Waals surface area (Å²) in [4.78, 5) is 4.10. The molecule has 0 saturated carbocycles. The van der Waals surface area contributed by atoms with Crippen molar-refractivity contribution in [1.29, 1.82) is 0 Å². The second-order valence-corrected chi connectivity index (χ2v) is 4.86. The van der Waals surface area contributed by atoms with E-state index < -0.39 is 5.82 Å². The molecule has 108 valence electrons. The molecule has 0 aliphatic carbocycles. The molecule has 0 aromatic heterocycles. The maximum absolute atomic E-state index is 13.0. The van der Waals surface area contributed by atoms with Crippen LogP contribution in [-0.4, -0.2) is 19.6 Å². The van der Waals surface area contributed by atoms with Gasteiger partial charge in [-0.2, -0.15) is 0 Å². The SMILES string of the molecule is CN=C(NCc1ccc(F)c(Cl)c1)NCC(C)C.I. The third-order valence-electron chi connectivity index (χ3n) is 2.35. The van der Waals surface area contributed by atoms with Crippen LogP contribution in [0.2, 0.25) is 5.02 Å². The van der Waals surface area contributed by atoms with Gasteiger partial charge in [0.1, 0.15) is 5.82 Å². The summed E-state index contributed by atoms with van der Waals surface area (Å²) in [6.45, 7) is 5.65. The zero-order chi connectivity index (χ0) is 13.5. The van der Waals surface area contributed by atoms with Gasteiger partial charge in [0.05, 0.1) is 5.02 Å². The maximum atomic E-state index is 13.0. The Bertz CT molecular complexity index is 424. The minimum atomic E-state index is -0.400. The quantitative estimate of drug-likeness (QED) is 0.462. The highest BCUT2D eigenvalue weighted by Crippen LogP contribution is 2.15. The molecular weight excluding hydrogens is 380 g/mol. The van der Waals surface area contributed by atoms with E-state index in [4.69, 9.17) is 11.6 Å². The third-order valence-corrected chi connectivity index (χ3v) is 2.63. The van der Waals surface area contributed by atoms with Gasteiger partial charge in [0.2, 0.25) is 0 Å². The first-order chi connectivity index (χ1) is 8.52. The molecule has 0 amide bonds. The highest BCUT2D eigenvalue weighted by molar-refractivity contribution is 14.0. The largest absolute Gasteiger partial charge is 0.356 e. The molecule has 19 heavy (non-hydrogen) atoms. The first-order valence-electron chi connectivity index (χ1n) is 5.91. The molecule has 0 bridgehead atoms. The summed E-state index contributed by atoms with van der Waals surface area (Å²) in [5.74, 6) is 0.871. The van der Waals surface area contributed by atoms with E-state index in [2.05, 4.69) is 29.5 Å². The number of nitrogens with one attached hydrogen (secondary N) is 2. The Morgan fingerprint density at radius 2 is 2.05 bits per heavy atom. The smallest absolute Gasteiger partial charge is 0.191 e.